The lowest BCUT2D eigenvalue weighted by molar-refractivity contribution is 0.0996. The van der Waals surface area contributed by atoms with Gasteiger partial charge in [-0.15, -0.1) is 11.3 Å². The van der Waals surface area contributed by atoms with Gasteiger partial charge in [0.15, 0.2) is 5.76 Å². The maximum absolute atomic E-state index is 14.0. The summed E-state index contributed by atoms with van der Waals surface area (Å²) in [6, 6.07) is 17.1. The number of benzene rings is 2. The first-order chi connectivity index (χ1) is 12.7. The van der Waals surface area contributed by atoms with E-state index in [-0.39, 0.29) is 17.5 Å². The average Bonchev–Trinajstić information content (AvgIpc) is 3.35. The summed E-state index contributed by atoms with van der Waals surface area (Å²) >= 11 is 1.35. The molecular formula is C20H13FN2O2S. The number of carbonyl (C=O) groups is 1. The molecule has 128 valence electrons. The van der Waals surface area contributed by atoms with E-state index >= 15 is 0 Å². The first-order valence-electron chi connectivity index (χ1n) is 7.87. The molecule has 26 heavy (non-hydrogen) atoms. The van der Waals surface area contributed by atoms with Crippen molar-refractivity contribution in [1.82, 2.24) is 4.98 Å². The van der Waals surface area contributed by atoms with Crippen LogP contribution in [0.5, 0.6) is 0 Å². The molecule has 0 atom stereocenters. The van der Waals surface area contributed by atoms with Gasteiger partial charge in [0.25, 0.3) is 5.91 Å². The van der Waals surface area contributed by atoms with Gasteiger partial charge in [-0.25, -0.2) is 9.37 Å². The first kappa shape index (κ1) is 16.2. The third kappa shape index (κ3) is 3.14. The number of hydrogen-bond donors (Lipinski definition) is 1. The highest BCUT2D eigenvalue weighted by Gasteiger charge is 2.15. The van der Waals surface area contributed by atoms with Crippen LogP contribution in [0.15, 0.2) is 76.7 Å². The SMILES string of the molecule is O=C(Nc1ccccc1-c1csc(-c2ccccc2F)n1)c1ccco1. The number of para-hydroxylation sites is 1. The number of aromatic nitrogens is 1. The van der Waals surface area contributed by atoms with Crippen LogP contribution in [0.3, 0.4) is 0 Å². The fourth-order valence-electron chi connectivity index (χ4n) is 2.56. The lowest BCUT2D eigenvalue weighted by Gasteiger charge is -2.08. The second-order valence-electron chi connectivity index (χ2n) is 5.49. The van der Waals surface area contributed by atoms with E-state index in [1.807, 2.05) is 23.6 Å². The Kier molecular flexibility index (Phi) is 4.33. The van der Waals surface area contributed by atoms with E-state index < -0.39 is 0 Å². The van der Waals surface area contributed by atoms with Crippen LogP contribution in [0, 0.1) is 5.82 Å². The van der Waals surface area contributed by atoms with Crippen molar-refractivity contribution in [3.8, 4) is 21.8 Å². The van der Waals surface area contributed by atoms with E-state index in [1.54, 1.807) is 36.4 Å². The van der Waals surface area contributed by atoms with Crippen LogP contribution >= 0.6 is 11.3 Å². The highest BCUT2D eigenvalue weighted by molar-refractivity contribution is 7.13. The van der Waals surface area contributed by atoms with Crippen LogP contribution in [0.2, 0.25) is 0 Å². The van der Waals surface area contributed by atoms with Gasteiger partial charge in [-0.3, -0.25) is 4.79 Å². The molecule has 4 aromatic rings. The Bertz CT molecular complexity index is 1060. The van der Waals surface area contributed by atoms with Crippen molar-refractivity contribution >= 4 is 22.9 Å². The molecule has 2 aromatic carbocycles. The molecule has 2 aromatic heterocycles. The molecule has 4 rings (SSSR count). The van der Waals surface area contributed by atoms with E-state index in [0.717, 1.165) is 5.56 Å². The van der Waals surface area contributed by atoms with Gasteiger partial charge in [-0.05, 0) is 30.3 Å². The van der Waals surface area contributed by atoms with Crippen LogP contribution in [0.4, 0.5) is 10.1 Å². The zero-order chi connectivity index (χ0) is 17.9. The van der Waals surface area contributed by atoms with Gasteiger partial charge in [-0.1, -0.05) is 30.3 Å². The Morgan fingerprint density at radius 2 is 1.77 bits per heavy atom. The molecule has 0 fully saturated rings. The monoisotopic (exact) mass is 364 g/mol. The fraction of sp³-hybridized carbons (Fsp3) is 0. The van der Waals surface area contributed by atoms with Gasteiger partial charge in [0.1, 0.15) is 10.8 Å². The van der Waals surface area contributed by atoms with Gasteiger partial charge in [0.05, 0.1) is 17.6 Å². The van der Waals surface area contributed by atoms with Crippen molar-refractivity contribution in [2.45, 2.75) is 0 Å². The second-order valence-corrected chi connectivity index (χ2v) is 6.35. The average molecular weight is 364 g/mol. The van der Waals surface area contributed by atoms with Crippen LogP contribution < -0.4 is 5.32 Å². The summed E-state index contributed by atoms with van der Waals surface area (Å²) in [4.78, 5) is 16.8. The second kappa shape index (κ2) is 6.93. The molecule has 0 aliphatic rings. The van der Waals surface area contributed by atoms with E-state index in [9.17, 15) is 9.18 Å². The number of nitrogens with zero attached hydrogens (tertiary/aromatic N) is 1. The predicted octanol–water partition coefficient (Wildman–Crippen LogP) is 5.46. The topological polar surface area (TPSA) is 55.1 Å². The number of thiazole rings is 1. The minimum absolute atomic E-state index is 0.227. The molecule has 0 spiro atoms. The molecule has 0 aliphatic carbocycles. The van der Waals surface area contributed by atoms with Gasteiger partial charge in [0, 0.05) is 16.5 Å². The molecule has 0 saturated carbocycles. The van der Waals surface area contributed by atoms with Gasteiger partial charge >= 0.3 is 0 Å². The summed E-state index contributed by atoms with van der Waals surface area (Å²) in [5.41, 5.74) is 2.50. The smallest absolute Gasteiger partial charge is 0.291 e. The molecule has 1 amide bonds. The Labute approximate surface area is 152 Å². The summed E-state index contributed by atoms with van der Waals surface area (Å²) < 4.78 is 19.1. The number of rotatable bonds is 4. The predicted molar refractivity (Wildman–Crippen MR) is 99.6 cm³/mol. The van der Waals surface area contributed by atoms with Crippen molar-refractivity contribution < 1.29 is 13.6 Å². The van der Waals surface area contributed by atoms with Crippen LogP contribution in [-0.2, 0) is 0 Å². The van der Waals surface area contributed by atoms with E-state index in [2.05, 4.69) is 10.3 Å². The molecule has 0 radical (unpaired) electrons. The van der Waals surface area contributed by atoms with Gasteiger partial charge in [0.2, 0.25) is 0 Å². The Morgan fingerprint density at radius 1 is 1.00 bits per heavy atom. The number of halogens is 1. The quantitative estimate of drug-likeness (QED) is 0.523. The van der Waals surface area contributed by atoms with Crippen molar-refractivity contribution in [1.29, 1.82) is 0 Å². The molecule has 2 heterocycles. The zero-order valence-corrected chi connectivity index (χ0v) is 14.3. The summed E-state index contributed by atoms with van der Waals surface area (Å²) in [5, 5.41) is 5.26. The minimum atomic E-state index is -0.341. The van der Waals surface area contributed by atoms with Gasteiger partial charge < -0.3 is 9.73 Å². The van der Waals surface area contributed by atoms with Crippen LogP contribution in [-0.4, -0.2) is 10.9 Å². The number of nitrogens with one attached hydrogen (secondary N) is 1. The Balaban J connectivity index is 1.67. The molecule has 0 saturated heterocycles. The lowest BCUT2D eigenvalue weighted by atomic mass is 10.1. The number of hydrogen-bond acceptors (Lipinski definition) is 4. The summed E-state index contributed by atoms with van der Waals surface area (Å²) in [6.07, 6.45) is 1.45. The standard InChI is InChI=1S/C20H13FN2O2S/c21-15-8-3-1-6-13(15)20-23-17(12-26-20)14-7-2-4-9-16(14)22-19(24)18-10-5-11-25-18/h1-12H,(H,22,24). The van der Waals surface area contributed by atoms with Crippen LogP contribution in [0.1, 0.15) is 10.6 Å². The highest BCUT2D eigenvalue weighted by atomic mass is 32.1. The molecule has 0 aliphatic heterocycles. The number of furan rings is 1. The summed E-state index contributed by atoms with van der Waals surface area (Å²) in [5.74, 6) is -0.426. The lowest BCUT2D eigenvalue weighted by Crippen LogP contribution is -2.11. The summed E-state index contributed by atoms with van der Waals surface area (Å²) in [7, 11) is 0. The van der Waals surface area contributed by atoms with Crippen LogP contribution in [0.25, 0.3) is 21.8 Å². The Morgan fingerprint density at radius 3 is 2.54 bits per heavy atom. The van der Waals surface area contributed by atoms with Gasteiger partial charge in [-0.2, -0.15) is 0 Å². The first-order valence-corrected chi connectivity index (χ1v) is 8.75. The maximum Gasteiger partial charge on any atom is 0.291 e. The molecule has 4 nitrogen and oxygen atoms in total. The number of amides is 1. The van der Waals surface area contributed by atoms with E-state index in [0.29, 0.717) is 22.0 Å². The Hall–Kier alpha value is -3.25. The third-order valence-electron chi connectivity index (χ3n) is 3.80. The van der Waals surface area contributed by atoms with Crippen molar-refractivity contribution in [2.75, 3.05) is 5.32 Å². The molecule has 1 N–H and O–H groups in total. The van der Waals surface area contributed by atoms with E-state index in [4.69, 9.17) is 4.42 Å². The van der Waals surface area contributed by atoms with Crippen molar-refractivity contribution in [3.05, 3.63) is 83.9 Å². The fourth-order valence-corrected chi connectivity index (χ4v) is 3.41. The van der Waals surface area contributed by atoms with Crippen molar-refractivity contribution in [2.24, 2.45) is 0 Å². The zero-order valence-electron chi connectivity index (χ0n) is 13.5. The molecular weight excluding hydrogens is 351 g/mol. The highest BCUT2D eigenvalue weighted by Crippen LogP contribution is 2.33. The molecule has 0 bridgehead atoms. The molecule has 6 heteroatoms. The largest absolute Gasteiger partial charge is 0.459 e. The number of carbonyl (C=O) groups excluding carboxylic acids is 1. The normalized spacial score (nSPS) is 10.7. The minimum Gasteiger partial charge on any atom is -0.459 e. The molecule has 0 unspecified atom stereocenters. The van der Waals surface area contributed by atoms with Crippen molar-refractivity contribution in [3.63, 3.8) is 0 Å². The van der Waals surface area contributed by atoms with E-state index in [1.165, 1.54) is 23.7 Å². The number of anilines is 1. The maximum atomic E-state index is 14.0. The third-order valence-corrected chi connectivity index (χ3v) is 4.68. The summed E-state index contributed by atoms with van der Waals surface area (Å²) in [6.45, 7) is 0.